The monoisotopic (exact) mass is 419 g/mol. The second kappa shape index (κ2) is 8.11. The molecule has 2 aromatic carbocycles. The Balaban J connectivity index is 1.37. The molecule has 3 nitrogen and oxygen atoms in total. The van der Waals surface area contributed by atoms with Gasteiger partial charge in [0.15, 0.2) is 0 Å². The molecule has 0 amide bonds. The third-order valence-corrected chi connectivity index (χ3v) is 5.59. The van der Waals surface area contributed by atoms with Gasteiger partial charge in [-0.3, -0.25) is 4.98 Å². The van der Waals surface area contributed by atoms with E-state index in [1.807, 2.05) is 24.3 Å². The van der Waals surface area contributed by atoms with Gasteiger partial charge in [0.2, 0.25) is 0 Å². The molecule has 3 aromatic rings. The minimum absolute atomic E-state index is 0.171. The molecule has 0 radical (unpaired) electrons. The van der Waals surface area contributed by atoms with Gasteiger partial charge in [0.1, 0.15) is 0 Å². The van der Waals surface area contributed by atoms with Gasteiger partial charge in [0, 0.05) is 40.1 Å². The number of halogens is 4. The summed E-state index contributed by atoms with van der Waals surface area (Å²) in [6, 6.07) is 13.5. The lowest BCUT2D eigenvalue weighted by Crippen LogP contribution is -2.32. The van der Waals surface area contributed by atoms with Gasteiger partial charge in [-0.1, -0.05) is 17.7 Å². The van der Waals surface area contributed by atoms with Crippen molar-refractivity contribution in [3.63, 3.8) is 0 Å². The van der Waals surface area contributed by atoms with Crippen LogP contribution >= 0.6 is 11.6 Å². The van der Waals surface area contributed by atoms with E-state index in [2.05, 4.69) is 15.6 Å². The Labute approximate surface area is 172 Å². The summed E-state index contributed by atoms with van der Waals surface area (Å²) in [5.41, 5.74) is 1.78. The molecule has 1 fully saturated rings. The van der Waals surface area contributed by atoms with Crippen LogP contribution in [0.25, 0.3) is 10.9 Å². The zero-order chi connectivity index (χ0) is 20.4. The second-order valence-electron chi connectivity index (χ2n) is 7.44. The van der Waals surface area contributed by atoms with Crippen molar-refractivity contribution in [2.24, 2.45) is 0 Å². The predicted molar refractivity (Wildman–Crippen MR) is 111 cm³/mol. The number of hydrogen-bond acceptors (Lipinski definition) is 3. The first-order valence-electron chi connectivity index (χ1n) is 9.63. The molecule has 2 N–H and O–H groups in total. The Morgan fingerprint density at radius 2 is 1.62 bits per heavy atom. The highest BCUT2D eigenvalue weighted by atomic mass is 35.5. The first-order valence-corrected chi connectivity index (χ1v) is 10.0. The zero-order valence-corrected chi connectivity index (χ0v) is 16.4. The SMILES string of the molecule is FC(F)(F)c1cccc(NC2CCC(Nc3ccnc4cc(Cl)ccc34)CC2)c1. The summed E-state index contributed by atoms with van der Waals surface area (Å²) in [6.07, 6.45) is 1.10. The van der Waals surface area contributed by atoms with E-state index in [0.29, 0.717) is 16.8 Å². The van der Waals surface area contributed by atoms with Crippen LogP contribution in [0.4, 0.5) is 24.5 Å². The molecule has 0 atom stereocenters. The molecular formula is C22H21ClF3N3. The number of rotatable bonds is 4. The normalized spacial score (nSPS) is 19.9. The van der Waals surface area contributed by atoms with Gasteiger partial charge in [-0.15, -0.1) is 0 Å². The Morgan fingerprint density at radius 1 is 0.897 bits per heavy atom. The maximum absolute atomic E-state index is 12.9. The molecule has 0 aliphatic heterocycles. The van der Waals surface area contributed by atoms with Crippen LogP contribution in [0.15, 0.2) is 54.7 Å². The lowest BCUT2D eigenvalue weighted by Gasteiger charge is -2.31. The van der Waals surface area contributed by atoms with Gasteiger partial charge in [0.25, 0.3) is 0 Å². The molecule has 0 saturated heterocycles. The van der Waals surface area contributed by atoms with Crippen LogP contribution in [0.2, 0.25) is 5.02 Å². The molecule has 1 aliphatic carbocycles. The van der Waals surface area contributed by atoms with Gasteiger partial charge in [-0.25, -0.2) is 0 Å². The third kappa shape index (κ3) is 4.75. The number of nitrogens with zero attached hydrogens (tertiary/aromatic N) is 1. The lowest BCUT2D eigenvalue weighted by molar-refractivity contribution is -0.137. The van der Waals surface area contributed by atoms with Crippen LogP contribution in [0.3, 0.4) is 0 Å². The molecule has 1 aromatic heterocycles. The molecule has 1 aliphatic rings. The van der Waals surface area contributed by atoms with E-state index in [-0.39, 0.29) is 6.04 Å². The third-order valence-electron chi connectivity index (χ3n) is 5.35. The number of pyridine rings is 1. The van der Waals surface area contributed by atoms with Gasteiger partial charge >= 0.3 is 6.18 Å². The van der Waals surface area contributed by atoms with E-state index in [9.17, 15) is 13.2 Å². The van der Waals surface area contributed by atoms with Crippen molar-refractivity contribution >= 4 is 33.9 Å². The van der Waals surface area contributed by atoms with Crippen LogP contribution in [-0.4, -0.2) is 17.1 Å². The molecule has 0 spiro atoms. The molecule has 1 saturated carbocycles. The molecule has 29 heavy (non-hydrogen) atoms. The average molecular weight is 420 g/mol. The van der Waals surface area contributed by atoms with Crippen LogP contribution in [0, 0.1) is 0 Å². The first kappa shape index (κ1) is 19.8. The van der Waals surface area contributed by atoms with Crippen molar-refractivity contribution in [3.8, 4) is 0 Å². The van der Waals surface area contributed by atoms with Crippen molar-refractivity contribution in [2.45, 2.75) is 43.9 Å². The summed E-state index contributed by atoms with van der Waals surface area (Å²) in [5, 5.41) is 8.54. The highest BCUT2D eigenvalue weighted by Gasteiger charge is 2.30. The molecule has 0 unspecified atom stereocenters. The van der Waals surface area contributed by atoms with Gasteiger partial charge in [-0.05, 0) is 68.1 Å². The van der Waals surface area contributed by atoms with Crippen LogP contribution in [0.5, 0.6) is 0 Å². The van der Waals surface area contributed by atoms with E-state index in [1.165, 1.54) is 12.1 Å². The highest BCUT2D eigenvalue weighted by Crippen LogP contribution is 2.32. The quantitative estimate of drug-likeness (QED) is 0.491. The van der Waals surface area contributed by atoms with Crippen molar-refractivity contribution in [3.05, 3.63) is 65.3 Å². The Hall–Kier alpha value is -2.47. The Bertz CT molecular complexity index is 998. The van der Waals surface area contributed by atoms with Crippen LogP contribution in [0.1, 0.15) is 31.2 Å². The number of fused-ring (bicyclic) bond motifs is 1. The van der Waals surface area contributed by atoms with E-state index >= 15 is 0 Å². The van der Waals surface area contributed by atoms with Crippen LogP contribution in [-0.2, 0) is 6.18 Å². The van der Waals surface area contributed by atoms with Crippen LogP contribution < -0.4 is 10.6 Å². The second-order valence-corrected chi connectivity index (χ2v) is 7.87. The fourth-order valence-corrected chi connectivity index (χ4v) is 4.04. The fourth-order valence-electron chi connectivity index (χ4n) is 3.87. The fraction of sp³-hybridized carbons (Fsp3) is 0.318. The van der Waals surface area contributed by atoms with E-state index in [1.54, 1.807) is 12.3 Å². The number of aromatic nitrogens is 1. The number of anilines is 2. The number of hydrogen-bond donors (Lipinski definition) is 2. The van der Waals surface area contributed by atoms with E-state index < -0.39 is 11.7 Å². The molecular weight excluding hydrogens is 399 g/mol. The van der Waals surface area contributed by atoms with Crippen molar-refractivity contribution in [1.82, 2.24) is 4.98 Å². The number of nitrogens with one attached hydrogen (secondary N) is 2. The Kier molecular flexibility index (Phi) is 5.54. The summed E-state index contributed by atoms with van der Waals surface area (Å²) in [4.78, 5) is 4.36. The van der Waals surface area contributed by atoms with E-state index in [0.717, 1.165) is 48.3 Å². The summed E-state index contributed by atoms with van der Waals surface area (Å²) < 4.78 is 38.7. The predicted octanol–water partition coefficient (Wildman–Crippen LogP) is 6.74. The summed E-state index contributed by atoms with van der Waals surface area (Å²) in [5.74, 6) is 0. The molecule has 152 valence electrons. The van der Waals surface area contributed by atoms with Gasteiger partial charge in [0.05, 0.1) is 11.1 Å². The topological polar surface area (TPSA) is 37.0 Å². The minimum atomic E-state index is -4.32. The summed E-state index contributed by atoms with van der Waals surface area (Å²) >= 11 is 6.05. The largest absolute Gasteiger partial charge is 0.416 e. The van der Waals surface area contributed by atoms with E-state index in [4.69, 9.17) is 11.6 Å². The average Bonchev–Trinajstić information content (AvgIpc) is 2.69. The maximum atomic E-state index is 12.9. The molecule has 7 heteroatoms. The van der Waals surface area contributed by atoms with Gasteiger partial charge < -0.3 is 10.6 Å². The first-order chi connectivity index (χ1) is 13.9. The summed E-state index contributed by atoms with van der Waals surface area (Å²) in [7, 11) is 0. The molecule has 1 heterocycles. The minimum Gasteiger partial charge on any atom is -0.382 e. The smallest absolute Gasteiger partial charge is 0.382 e. The van der Waals surface area contributed by atoms with Gasteiger partial charge in [-0.2, -0.15) is 13.2 Å². The Morgan fingerprint density at radius 3 is 2.34 bits per heavy atom. The number of benzene rings is 2. The zero-order valence-electron chi connectivity index (χ0n) is 15.6. The molecule has 0 bridgehead atoms. The standard InChI is InChI=1S/C22H21ClF3N3/c23-15-4-9-19-20(10-11-27-21(19)13-15)29-17-7-5-16(6-8-17)28-18-3-1-2-14(12-18)22(24,25)26/h1-4,9-13,16-17,28H,5-8H2,(H,27,29). The number of alkyl halides is 3. The van der Waals surface area contributed by atoms with Crippen molar-refractivity contribution in [2.75, 3.05) is 10.6 Å². The lowest BCUT2D eigenvalue weighted by atomic mass is 9.90. The van der Waals surface area contributed by atoms with Crippen molar-refractivity contribution < 1.29 is 13.2 Å². The maximum Gasteiger partial charge on any atom is 0.416 e. The van der Waals surface area contributed by atoms with Crippen molar-refractivity contribution in [1.29, 1.82) is 0 Å². The highest BCUT2D eigenvalue weighted by molar-refractivity contribution is 6.31. The molecule has 4 rings (SSSR count). The summed E-state index contributed by atoms with van der Waals surface area (Å²) in [6.45, 7) is 0.